The number of rotatable bonds is 5. The molecule has 0 aliphatic carbocycles. The average Bonchev–Trinajstić information content (AvgIpc) is 2.62. The summed E-state index contributed by atoms with van der Waals surface area (Å²) in [5.74, 6) is 1.65. The molecule has 2 N–H and O–H groups in total. The van der Waals surface area contributed by atoms with Gasteiger partial charge in [0.05, 0.1) is 0 Å². The molecule has 0 atom stereocenters. The topological polar surface area (TPSA) is 42.5 Å². The zero-order chi connectivity index (χ0) is 16.8. The monoisotopic (exact) mass is 342 g/mol. The molecule has 1 heterocycles. The minimum atomic E-state index is 0.611. The molecule has 1 aliphatic heterocycles. The van der Waals surface area contributed by atoms with Gasteiger partial charge in [-0.15, -0.1) is 0 Å². The number of anilines is 1. The van der Waals surface area contributed by atoms with E-state index in [-0.39, 0.29) is 0 Å². The first-order chi connectivity index (χ1) is 11.7. The lowest BCUT2D eigenvalue weighted by molar-refractivity contribution is 0.171. The molecule has 0 saturated heterocycles. The Morgan fingerprint density at radius 2 is 1.71 bits per heavy atom. The van der Waals surface area contributed by atoms with E-state index in [4.69, 9.17) is 21.7 Å². The van der Waals surface area contributed by atoms with Gasteiger partial charge in [-0.25, -0.2) is 0 Å². The van der Waals surface area contributed by atoms with Gasteiger partial charge in [0.2, 0.25) is 0 Å². The predicted octanol–water partition coefficient (Wildman–Crippen LogP) is 3.55. The third kappa shape index (κ3) is 4.38. The molecule has 0 bridgehead atoms. The van der Waals surface area contributed by atoms with E-state index >= 15 is 0 Å². The van der Waals surface area contributed by atoms with Crippen molar-refractivity contribution < 1.29 is 9.47 Å². The van der Waals surface area contributed by atoms with Crippen LogP contribution in [0.2, 0.25) is 0 Å². The molecule has 0 spiro atoms. The second-order valence-electron chi connectivity index (χ2n) is 5.66. The van der Waals surface area contributed by atoms with Crippen LogP contribution in [0, 0.1) is 0 Å². The fourth-order valence-electron chi connectivity index (χ4n) is 2.56. The maximum atomic E-state index is 5.61. The number of aryl methyl sites for hydroxylation is 1. The van der Waals surface area contributed by atoms with Gasteiger partial charge in [0, 0.05) is 12.2 Å². The molecule has 0 saturated carbocycles. The van der Waals surface area contributed by atoms with E-state index in [1.54, 1.807) is 0 Å². The van der Waals surface area contributed by atoms with Crippen molar-refractivity contribution >= 4 is 23.0 Å². The number of nitrogens with one attached hydrogen (secondary N) is 2. The number of fused-ring (bicyclic) bond motifs is 1. The normalized spacial score (nSPS) is 12.5. The Kier molecular flexibility index (Phi) is 5.54. The van der Waals surface area contributed by atoms with E-state index in [1.165, 1.54) is 11.1 Å². The Morgan fingerprint density at radius 3 is 2.46 bits per heavy atom. The number of thiocarbonyl (C=S) groups is 1. The Hall–Kier alpha value is -2.27. The third-order valence-corrected chi connectivity index (χ3v) is 4.17. The molecule has 2 aromatic rings. The van der Waals surface area contributed by atoms with Gasteiger partial charge < -0.3 is 20.1 Å². The summed E-state index contributed by atoms with van der Waals surface area (Å²) in [5, 5.41) is 7.08. The number of ether oxygens (including phenoxy) is 2. The molecule has 126 valence electrons. The Balaban J connectivity index is 1.46. The van der Waals surface area contributed by atoms with Crippen molar-refractivity contribution in [3.63, 3.8) is 0 Å². The third-order valence-electron chi connectivity index (χ3n) is 3.93. The molecule has 1 aliphatic rings. The van der Waals surface area contributed by atoms with Gasteiger partial charge in [-0.2, -0.15) is 0 Å². The fourth-order valence-corrected chi connectivity index (χ4v) is 2.78. The van der Waals surface area contributed by atoms with Crippen LogP contribution in [-0.4, -0.2) is 24.9 Å². The van der Waals surface area contributed by atoms with Crippen LogP contribution in [0.3, 0.4) is 0 Å². The molecule has 3 rings (SSSR count). The van der Waals surface area contributed by atoms with Gasteiger partial charge in [0.15, 0.2) is 16.6 Å². The summed E-state index contributed by atoms with van der Waals surface area (Å²) in [6.07, 6.45) is 1.91. The highest BCUT2D eigenvalue weighted by molar-refractivity contribution is 7.80. The van der Waals surface area contributed by atoms with Crippen LogP contribution in [0.15, 0.2) is 42.5 Å². The van der Waals surface area contributed by atoms with E-state index in [1.807, 2.05) is 24.3 Å². The summed E-state index contributed by atoms with van der Waals surface area (Å²) in [7, 11) is 0. The second-order valence-corrected chi connectivity index (χ2v) is 6.07. The predicted molar refractivity (Wildman–Crippen MR) is 101 cm³/mol. The minimum Gasteiger partial charge on any atom is -0.486 e. The lowest BCUT2D eigenvalue weighted by atomic mass is 10.1. The average molecular weight is 342 g/mol. The van der Waals surface area contributed by atoms with Gasteiger partial charge in [0.25, 0.3) is 0 Å². The van der Waals surface area contributed by atoms with Crippen LogP contribution in [-0.2, 0) is 12.8 Å². The Labute approximate surface area is 148 Å². The van der Waals surface area contributed by atoms with E-state index in [0.29, 0.717) is 18.3 Å². The minimum absolute atomic E-state index is 0.611. The van der Waals surface area contributed by atoms with Crippen molar-refractivity contribution in [3.05, 3.63) is 53.6 Å². The maximum absolute atomic E-state index is 5.61. The van der Waals surface area contributed by atoms with Crippen LogP contribution in [0.25, 0.3) is 0 Å². The summed E-state index contributed by atoms with van der Waals surface area (Å²) in [4.78, 5) is 0. The lowest BCUT2D eigenvalue weighted by Gasteiger charge is -2.19. The summed E-state index contributed by atoms with van der Waals surface area (Å²) in [6, 6.07) is 14.4. The van der Waals surface area contributed by atoms with Crippen molar-refractivity contribution in [2.24, 2.45) is 0 Å². The molecule has 0 radical (unpaired) electrons. The van der Waals surface area contributed by atoms with Gasteiger partial charge in [-0.1, -0.05) is 25.1 Å². The van der Waals surface area contributed by atoms with Crippen molar-refractivity contribution in [2.45, 2.75) is 19.8 Å². The van der Waals surface area contributed by atoms with E-state index in [9.17, 15) is 0 Å². The van der Waals surface area contributed by atoms with Crippen LogP contribution in [0.5, 0.6) is 11.5 Å². The number of benzene rings is 2. The summed E-state index contributed by atoms with van der Waals surface area (Å²) in [6.45, 7) is 4.14. The molecule has 0 fully saturated rings. The van der Waals surface area contributed by atoms with Crippen molar-refractivity contribution in [2.75, 3.05) is 25.1 Å². The molecule has 2 aromatic carbocycles. The molecule has 0 aromatic heterocycles. The summed E-state index contributed by atoms with van der Waals surface area (Å²) in [5.41, 5.74) is 3.52. The molecule has 4 nitrogen and oxygen atoms in total. The van der Waals surface area contributed by atoms with Crippen LogP contribution >= 0.6 is 12.2 Å². The fraction of sp³-hybridized carbons (Fsp3) is 0.316. The van der Waals surface area contributed by atoms with Crippen LogP contribution in [0.1, 0.15) is 18.1 Å². The number of hydrogen-bond acceptors (Lipinski definition) is 3. The van der Waals surface area contributed by atoms with E-state index in [0.717, 1.165) is 36.6 Å². The van der Waals surface area contributed by atoms with E-state index < -0.39 is 0 Å². The molecule has 24 heavy (non-hydrogen) atoms. The Bertz CT molecular complexity index is 701. The highest BCUT2D eigenvalue weighted by Gasteiger charge is 2.11. The van der Waals surface area contributed by atoms with Gasteiger partial charge in [0.1, 0.15) is 13.2 Å². The summed E-state index contributed by atoms with van der Waals surface area (Å²) < 4.78 is 11.1. The highest BCUT2D eigenvalue weighted by Crippen LogP contribution is 2.30. The maximum Gasteiger partial charge on any atom is 0.170 e. The van der Waals surface area contributed by atoms with Crippen molar-refractivity contribution in [1.82, 2.24) is 5.32 Å². The number of hydrogen-bond donors (Lipinski definition) is 2. The molecule has 0 amide bonds. The standard InChI is InChI=1S/C19H22N2O2S/c1-2-14-3-6-16(7-4-14)21-19(24)20-10-9-15-5-8-17-18(13-15)23-12-11-22-17/h3-8,13H,2,9-12H2,1H3,(H2,20,21,24). The molecule has 0 unspecified atom stereocenters. The second kappa shape index (κ2) is 8.02. The first-order valence-corrected chi connectivity index (χ1v) is 8.68. The lowest BCUT2D eigenvalue weighted by Crippen LogP contribution is -2.30. The molecule has 5 heteroatoms. The van der Waals surface area contributed by atoms with Gasteiger partial charge in [-0.3, -0.25) is 0 Å². The SMILES string of the molecule is CCc1ccc(NC(=S)NCCc2ccc3c(c2)OCCO3)cc1. The van der Waals surface area contributed by atoms with Crippen LogP contribution < -0.4 is 20.1 Å². The van der Waals surface area contributed by atoms with Gasteiger partial charge >= 0.3 is 0 Å². The first-order valence-electron chi connectivity index (χ1n) is 8.27. The van der Waals surface area contributed by atoms with Crippen molar-refractivity contribution in [1.29, 1.82) is 0 Å². The summed E-state index contributed by atoms with van der Waals surface area (Å²) >= 11 is 5.34. The largest absolute Gasteiger partial charge is 0.486 e. The zero-order valence-corrected chi connectivity index (χ0v) is 14.6. The molecular weight excluding hydrogens is 320 g/mol. The smallest absolute Gasteiger partial charge is 0.170 e. The van der Waals surface area contributed by atoms with Crippen LogP contribution in [0.4, 0.5) is 5.69 Å². The first kappa shape index (κ1) is 16.6. The highest BCUT2D eigenvalue weighted by atomic mass is 32.1. The van der Waals surface area contributed by atoms with E-state index in [2.05, 4.69) is 35.8 Å². The zero-order valence-electron chi connectivity index (χ0n) is 13.8. The Morgan fingerprint density at radius 1 is 1.00 bits per heavy atom. The molecular formula is C19H22N2O2S. The van der Waals surface area contributed by atoms with Crippen molar-refractivity contribution in [3.8, 4) is 11.5 Å². The quantitative estimate of drug-likeness (QED) is 0.814. The van der Waals surface area contributed by atoms with Gasteiger partial charge in [-0.05, 0) is 60.5 Å².